The van der Waals surface area contributed by atoms with Gasteiger partial charge in [-0.25, -0.2) is 13.2 Å². The van der Waals surface area contributed by atoms with Crippen molar-refractivity contribution in [1.29, 1.82) is 0 Å². The third kappa shape index (κ3) is 3.23. The van der Waals surface area contributed by atoms with Gasteiger partial charge in [0.15, 0.2) is 17.4 Å². The summed E-state index contributed by atoms with van der Waals surface area (Å²) >= 11 is 5.72. The van der Waals surface area contributed by atoms with Crippen molar-refractivity contribution >= 4 is 11.6 Å². The Hall–Kier alpha value is -1.72. The average molecular weight is 302 g/mol. The van der Waals surface area contributed by atoms with Gasteiger partial charge in [0, 0.05) is 17.1 Å². The molecule has 20 heavy (non-hydrogen) atoms. The summed E-state index contributed by atoms with van der Waals surface area (Å²) in [4.78, 5) is 0. The van der Waals surface area contributed by atoms with Crippen LogP contribution < -0.4 is 10.5 Å². The summed E-state index contributed by atoms with van der Waals surface area (Å²) in [5, 5.41) is 0.310. The summed E-state index contributed by atoms with van der Waals surface area (Å²) in [6, 6.07) is 6.02. The Morgan fingerprint density at radius 2 is 1.65 bits per heavy atom. The van der Waals surface area contributed by atoms with E-state index in [1.54, 1.807) is 0 Å². The van der Waals surface area contributed by atoms with Crippen LogP contribution in [0.25, 0.3) is 0 Å². The normalized spacial score (nSPS) is 10.7. The molecule has 0 fully saturated rings. The van der Waals surface area contributed by atoms with Crippen LogP contribution in [-0.2, 0) is 13.2 Å². The van der Waals surface area contributed by atoms with Crippen LogP contribution in [0.3, 0.4) is 0 Å². The van der Waals surface area contributed by atoms with E-state index >= 15 is 0 Å². The van der Waals surface area contributed by atoms with E-state index in [1.165, 1.54) is 12.1 Å². The van der Waals surface area contributed by atoms with Crippen molar-refractivity contribution in [3.63, 3.8) is 0 Å². The highest BCUT2D eigenvalue weighted by Crippen LogP contribution is 2.25. The van der Waals surface area contributed by atoms with Gasteiger partial charge in [-0.1, -0.05) is 11.6 Å². The molecule has 0 radical (unpaired) electrons. The zero-order chi connectivity index (χ0) is 14.7. The minimum absolute atomic E-state index is 0.0110. The molecule has 0 aliphatic rings. The molecule has 0 aromatic heterocycles. The standard InChI is InChI=1S/C14H11ClF3NO/c15-10-1-2-11(16)9(5-10)7-20-14-12(17)3-8(6-19)4-13(14)18/h1-5H,6-7,19H2. The molecule has 0 heterocycles. The van der Waals surface area contributed by atoms with E-state index in [0.29, 0.717) is 10.6 Å². The maximum absolute atomic E-state index is 13.6. The van der Waals surface area contributed by atoms with Crippen LogP contribution in [0.2, 0.25) is 5.02 Å². The number of benzene rings is 2. The molecule has 2 aromatic rings. The molecule has 2 rings (SSSR count). The van der Waals surface area contributed by atoms with E-state index in [4.69, 9.17) is 22.1 Å². The molecular weight excluding hydrogens is 291 g/mol. The van der Waals surface area contributed by atoms with Gasteiger partial charge in [-0.15, -0.1) is 0 Å². The molecular formula is C14H11ClF3NO. The third-order valence-electron chi connectivity index (χ3n) is 2.67. The van der Waals surface area contributed by atoms with Gasteiger partial charge in [-0.05, 0) is 35.9 Å². The number of ether oxygens (including phenoxy) is 1. The molecule has 0 amide bonds. The molecule has 0 saturated heterocycles. The van der Waals surface area contributed by atoms with Crippen molar-refractivity contribution in [2.75, 3.05) is 0 Å². The van der Waals surface area contributed by atoms with Crippen molar-refractivity contribution in [2.24, 2.45) is 5.73 Å². The molecule has 2 N–H and O–H groups in total. The van der Waals surface area contributed by atoms with Crippen LogP contribution >= 0.6 is 11.6 Å². The summed E-state index contributed by atoms with van der Waals surface area (Å²) in [5.74, 6) is -2.89. The summed E-state index contributed by atoms with van der Waals surface area (Å²) in [7, 11) is 0. The van der Waals surface area contributed by atoms with Crippen LogP contribution in [0.5, 0.6) is 5.75 Å². The van der Waals surface area contributed by atoms with Crippen LogP contribution in [0, 0.1) is 17.5 Å². The highest BCUT2D eigenvalue weighted by Gasteiger charge is 2.13. The first-order chi connectivity index (χ1) is 9.51. The fourth-order valence-electron chi connectivity index (χ4n) is 1.67. The molecule has 0 saturated carbocycles. The molecule has 0 aliphatic heterocycles. The molecule has 0 aliphatic carbocycles. The molecule has 0 spiro atoms. The van der Waals surface area contributed by atoms with Gasteiger partial charge in [0.25, 0.3) is 0 Å². The van der Waals surface area contributed by atoms with Crippen LogP contribution in [-0.4, -0.2) is 0 Å². The minimum atomic E-state index is -0.882. The van der Waals surface area contributed by atoms with Gasteiger partial charge in [-0.3, -0.25) is 0 Å². The maximum atomic E-state index is 13.6. The lowest BCUT2D eigenvalue weighted by atomic mass is 10.2. The molecule has 2 aromatic carbocycles. The van der Waals surface area contributed by atoms with Crippen LogP contribution in [0.15, 0.2) is 30.3 Å². The van der Waals surface area contributed by atoms with E-state index < -0.39 is 23.2 Å². The van der Waals surface area contributed by atoms with E-state index in [2.05, 4.69) is 0 Å². The third-order valence-corrected chi connectivity index (χ3v) is 2.91. The van der Waals surface area contributed by atoms with Crippen LogP contribution in [0.1, 0.15) is 11.1 Å². The Balaban J connectivity index is 2.21. The topological polar surface area (TPSA) is 35.2 Å². The van der Waals surface area contributed by atoms with Crippen molar-refractivity contribution in [1.82, 2.24) is 0 Å². The highest BCUT2D eigenvalue weighted by atomic mass is 35.5. The molecule has 2 nitrogen and oxygen atoms in total. The molecule has 0 atom stereocenters. The number of hydrogen-bond acceptors (Lipinski definition) is 2. The Kier molecular flexibility index (Phi) is 4.52. The number of nitrogens with two attached hydrogens (primary N) is 1. The fourth-order valence-corrected chi connectivity index (χ4v) is 1.87. The SMILES string of the molecule is NCc1cc(F)c(OCc2cc(Cl)ccc2F)c(F)c1. The molecule has 6 heteroatoms. The van der Waals surface area contributed by atoms with E-state index in [-0.39, 0.29) is 18.7 Å². The lowest BCUT2D eigenvalue weighted by Gasteiger charge is -2.10. The van der Waals surface area contributed by atoms with Gasteiger partial charge < -0.3 is 10.5 Å². The summed E-state index contributed by atoms with van der Waals surface area (Å²) in [6.07, 6.45) is 0. The van der Waals surface area contributed by atoms with Gasteiger partial charge >= 0.3 is 0 Å². The second-order valence-corrected chi connectivity index (χ2v) is 4.55. The van der Waals surface area contributed by atoms with Gasteiger partial charge in [0.05, 0.1) is 0 Å². The van der Waals surface area contributed by atoms with Crippen molar-refractivity contribution in [3.05, 3.63) is 63.9 Å². The fraction of sp³-hybridized carbons (Fsp3) is 0.143. The summed E-state index contributed by atoms with van der Waals surface area (Å²) in [6.45, 7) is -0.320. The smallest absolute Gasteiger partial charge is 0.191 e. The second kappa shape index (κ2) is 6.15. The highest BCUT2D eigenvalue weighted by molar-refractivity contribution is 6.30. The monoisotopic (exact) mass is 301 g/mol. The molecule has 0 bridgehead atoms. The summed E-state index contributed by atoms with van der Waals surface area (Å²) in [5.41, 5.74) is 5.72. The van der Waals surface area contributed by atoms with Gasteiger partial charge in [0.2, 0.25) is 0 Å². The number of hydrogen-bond donors (Lipinski definition) is 1. The Bertz CT molecular complexity index is 611. The Labute approximate surface area is 118 Å². The lowest BCUT2D eigenvalue weighted by molar-refractivity contribution is 0.269. The largest absolute Gasteiger partial charge is 0.483 e. The van der Waals surface area contributed by atoms with Gasteiger partial charge in [0.1, 0.15) is 12.4 Å². The second-order valence-electron chi connectivity index (χ2n) is 4.12. The predicted molar refractivity (Wildman–Crippen MR) is 70.0 cm³/mol. The van der Waals surface area contributed by atoms with E-state index in [1.807, 2.05) is 0 Å². The Morgan fingerprint density at radius 3 is 2.25 bits per heavy atom. The average Bonchev–Trinajstić information content (AvgIpc) is 2.41. The molecule has 106 valence electrons. The summed E-state index contributed by atoms with van der Waals surface area (Å²) < 4.78 is 45.7. The molecule has 0 unspecified atom stereocenters. The first-order valence-corrected chi connectivity index (χ1v) is 6.13. The first-order valence-electron chi connectivity index (χ1n) is 5.76. The lowest BCUT2D eigenvalue weighted by Crippen LogP contribution is -2.04. The van der Waals surface area contributed by atoms with Crippen molar-refractivity contribution in [2.45, 2.75) is 13.2 Å². The maximum Gasteiger partial charge on any atom is 0.191 e. The minimum Gasteiger partial charge on any atom is -0.483 e. The zero-order valence-corrected chi connectivity index (χ0v) is 11.1. The Morgan fingerprint density at radius 1 is 1.00 bits per heavy atom. The van der Waals surface area contributed by atoms with Gasteiger partial charge in [-0.2, -0.15) is 0 Å². The van der Waals surface area contributed by atoms with Crippen molar-refractivity contribution in [3.8, 4) is 5.75 Å². The zero-order valence-electron chi connectivity index (χ0n) is 10.3. The van der Waals surface area contributed by atoms with E-state index in [9.17, 15) is 13.2 Å². The van der Waals surface area contributed by atoms with Crippen molar-refractivity contribution < 1.29 is 17.9 Å². The van der Waals surface area contributed by atoms with Crippen LogP contribution in [0.4, 0.5) is 13.2 Å². The number of rotatable bonds is 4. The first kappa shape index (κ1) is 14.7. The predicted octanol–water partition coefficient (Wildman–Crippen LogP) is 3.80. The number of halogens is 4. The van der Waals surface area contributed by atoms with E-state index in [0.717, 1.165) is 18.2 Å². The quantitative estimate of drug-likeness (QED) is 0.932.